The topological polar surface area (TPSA) is 102 Å². The van der Waals surface area contributed by atoms with Crippen LogP contribution in [0, 0.1) is 0 Å². The molecule has 8 nitrogen and oxygen atoms in total. The Morgan fingerprint density at radius 1 is 1.33 bits per heavy atom. The lowest BCUT2D eigenvalue weighted by molar-refractivity contribution is 0.410. The number of anilines is 1. The van der Waals surface area contributed by atoms with Crippen LogP contribution in [0.1, 0.15) is 25.6 Å². The molecule has 0 aliphatic rings. The SMILES string of the molecule is CC(C)NCc1nnc(NCCc2ncon2)o1. The summed E-state index contributed by atoms with van der Waals surface area (Å²) in [6.07, 6.45) is 1.94. The van der Waals surface area contributed by atoms with Crippen LogP contribution in [0.2, 0.25) is 0 Å². The third-order valence-corrected chi connectivity index (χ3v) is 2.16. The first-order valence-electron chi connectivity index (χ1n) is 5.79. The molecule has 0 radical (unpaired) electrons. The largest absolute Gasteiger partial charge is 0.407 e. The van der Waals surface area contributed by atoms with Gasteiger partial charge in [0.15, 0.2) is 5.82 Å². The number of hydrogen-bond donors (Lipinski definition) is 2. The van der Waals surface area contributed by atoms with Crippen molar-refractivity contribution in [1.82, 2.24) is 25.7 Å². The van der Waals surface area contributed by atoms with Crippen molar-refractivity contribution in [2.75, 3.05) is 11.9 Å². The van der Waals surface area contributed by atoms with Crippen molar-refractivity contribution in [2.24, 2.45) is 0 Å². The van der Waals surface area contributed by atoms with Crippen molar-refractivity contribution in [1.29, 1.82) is 0 Å². The zero-order chi connectivity index (χ0) is 12.8. The Morgan fingerprint density at radius 2 is 2.22 bits per heavy atom. The molecule has 2 heterocycles. The van der Waals surface area contributed by atoms with Gasteiger partial charge in [0.25, 0.3) is 0 Å². The predicted octanol–water partition coefficient (Wildman–Crippen LogP) is 0.605. The van der Waals surface area contributed by atoms with Crippen LogP contribution in [0.3, 0.4) is 0 Å². The van der Waals surface area contributed by atoms with E-state index in [0.29, 0.717) is 43.3 Å². The fraction of sp³-hybridized carbons (Fsp3) is 0.600. The summed E-state index contributed by atoms with van der Waals surface area (Å²) in [6.45, 7) is 5.29. The molecule has 0 spiro atoms. The van der Waals surface area contributed by atoms with E-state index in [0.717, 1.165) is 0 Å². The van der Waals surface area contributed by atoms with Crippen LogP contribution in [-0.2, 0) is 13.0 Å². The van der Waals surface area contributed by atoms with Crippen molar-refractivity contribution in [3.8, 4) is 0 Å². The first-order valence-corrected chi connectivity index (χ1v) is 5.79. The van der Waals surface area contributed by atoms with Crippen molar-refractivity contribution >= 4 is 6.01 Å². The predicted molar refractivity (Wildman–Crippen MR) is 62.8 cm³/mol. The van der Waals surface area contributed by atoms with Gasteiger partial charge in [-0.25, -0.2) is 0 Å². The molecule has 0 saturated heterocycles. The van der Waals surface area contributed by atoms with Gasteiger partial charge >= 0.3 is 6.01 Å². The average molecular weight is 252 g/mol. The number of hydrogen-bond acceptors (Lipinski definition) is 8. The minimum absolute atomic E-state index is 0.381. The molecule has 0 aliphatic heterocycles. The van der Waals surface area contributed by atoms with Crippen LogP contribution in [0.15, 0.2) is 15.3 Å². The summed E-state index contributed by atoms with van der Waals surface area (Å²) in [4.78, 5) is 3.91. The van der Waals surface area contributed by atoms with Crippen LogP contribution in [0.4, 0.5) is 6.01 Å². The Balaban J connectivity index is 1.73. The van der Waals surface area contributed by atoms with E-state index in [9.17, 15) is 0 Å². The standard InChI is InChI=1S/C10H16N6O2/c1-7(2)12-5-9-14-15-10(18-9)11-4-3-8-13-6-17-16-8/h6-7,12H,3-5H2,1-2H3,(H,11,15). The second-order valence-corrected chi connectivity index (χ2v) is 4.06. The molecule has 0 atom stereocenters. The molecule has 2 aromatic rings. The summed E-state index contributed by atoms with van der Waals surface area (Å²) >= 11 is 0. The highest BCUT2D eigenvalue weighted by molar-refractivity contribution is 5.16. The van der Waals surface area contributed by atoms with E-state index in [1.807, 2.05) is 0 Å². The van der Waals surface area contributed by atoms with E-state index < -0.39 is 0 Å². The monoisotopic (exact) mass is 252 g/mol. The summed E-state index contributed by atoms with van der Waals surface area (Å²) in [5, 5.41) is 17.7. The van der Waals surface area contributed by atoms with E-state index in [1.165, 1.54) is 6.39 Å². The van der Waals surface area contributed by atoms with Crippen LogP contribution in [0.25, 0.3) is 0 Å². The van der Waals surface area contributed by atoms with Crippen LogP contribution >= 0.6 is 0 Å². The van der Waals surface area contributed by atoms with E-state index in [2.05, 4.69) is 49.3 Å². The molecule has 8 heteroatoms. The maximum atomic E-state index is 5.39. The van der Waals surface area contributed by atoms with Gasteiger partial charge in [-0.3, -0.25) is 0 Å². The zero-order valence-corrected chi connectivity index (χ0v) is 10.4. The summed E-state index contributed by atoms with van der Waals surface area (Å²) in [7, 11) is 0. The first kappa shape index (κ1) is 12.5. The van der Waals surface area contributed by atoms with Gasteiger partial charge in [-0.15, -0.1) is 5.10 Å². The second kappa shape index (κ2) is 6.10. The number of aromatic nitrogens is 4. The highest BCUT2D eigenvalue weighted by atomic mass is 16.5. The van der Waals surface area contributed by atoms with Crippen LogP contribution < -0.4 is 10.6 Å². The molecule has 0 unspecified atom stereocenters. The summed E-state index contributed by atoms with van der Waals surface area (Å²) in [5.74, 6) is 1.20. The van der Waals surface area contributed by atoms with E-state index >= 15 is 0 Å². The van der Waals surface area contributed by atoms with E-state index in [1.54, 1.807) is 0 Å². The van der Waals surface area contributed by atoms with Crippen LogP contribution in [0.5, 0.6) is 0 Å². The maximum absolute atomic E-state index is 5.39. The molecule has 18 heavy (non-hydrogen) atoms. The second-order valence-electron chi connectivity index (χ2n) is 4.06. The first-order chi connectivity index (χ1) is 8.74. The molecule has 0 bridgehead atoms. The third-order valence-electron chi connectivity index (χ3n) is 2.16. The minimum atomic E-state index is 0.381. The van der Waals surface area contributed by atoms with Gasteiger partial charge in [-0.2, -0.15) is 4.98 Å². The van der Waals surface area contributed by atoms with Crippen molar-refractivity contribution < 1.29 is 8.94 Å². The molecule has 2 N–H and O–H groups in total. The van der Waals surface area contributed by atoms with Gasteiger partial charge in [0, 0.05) is 19.0 Å². The lowest BCUT2D eigenvalue weighted by atomic mass is 10.4. The minimum Gasteiger partial charge on any atom is -0.407 e. The summed E-state index contributed by atoms with van der Waals surface area (Å²) in [6, 6.07) is 0.783. The lowest BCUT2D eigenvalue weighted by Crippen LogP contribution is -2.21. The lowest BCUT2D eigenvalue weighted by Gasteiger charge is -2.03. The molecule has 2 aromatic heterocycles. The Bertz CT molecular complexity index is 453. The Kier molecular flexibility index (Phi) is 4.24. The third kappa shape index (κ3) is 3.81. The van der Waals surface area contributed by atoms with Crippen LogP contribution in [-0.4, -0.2) is 32.9 Å². The fourth-order valence-electron chi connectivity index (χ4n) is 1.27. The van der Waals surface area contributed by atoms with Crippen molar-refractivity contribution in [2.45, 2.75) is 32.9 Å². The smallest absolute Gasteiger partial charge is 0.315 e. The van der Waals surface area contributed by atoms with Crippen molar-refractivity contribution in [3.63, 3.8) is 0 Å². The summed E-state index contributed by atoms with van der Waals surface area (Å²) in [5.41, 5.74) is 0. The van der Waals surface area contributed by atoms with Gasteiger partial charge in [-0.05, 0) is 0 Å². The van der Waals surface area contributed by atoms with Gasteiger partial charge in [0.1, 0.15) is 0 Å². The summed E-state index contributed by atoms with van der Waals surface area (Å²) < 4.78 is 10.0. The van der Waals surface area contributed by atoms with Crippen molar-refractivity contribution in [3.05, 3.63) is 18.1 Å². The molecule has 2 rings (SSSR count). The normalized spacial score (nSPS) is 11.1. The van der Waals surface area contributed by atoms with Gasteiger partial charge < -0.3 is 19.6 Å². The number of nitrogens with one attached hydrogen (secondary N) is 2. The highest BCUT2D eigenvalue weighted by Crippen LogP contribution is 2.05. The average Bonchev–Trinajstić information content (AvgIpc) is 2.97. The molecule has 0 amide bonds. The van der Waals surface area contributed by atoms with Gasteiger partial charge in [0.05, 0.1) is 6.54 Å². The molecule has 0 aliphatic carbocycles. The molecule has 0 fully saturated rings. The molecule has 98 valence electrons. The highest BCUT2D eigenvalue weighted by Gasteiger charge is 2.06. The molecular weight excluding hydrogens is 236 g/mol. The Hall–Kier alpha value is -1.96. The number of rotatable bonds is 7. The fourth-order valence-corrected chi connectivity index (χ4v) is 1.27. The van der Waals surface area contributed by atoms with E-state index in [-0.39, 0.29) is 0 Å². The number of nitrogens with zero attached hydrogens (tertiary/aromatic N) is 4. The van der Waals surface area contributed by atoms with Gasteiger partial charge in [-0.1, -0.05) is 24.1 Å². The van der Waals surface area contributed by atoms with E-state index in [4.69, 9.17) is 4.42 Å². The molecule has 0 aromatic carbocycles. The van der Waals surface area contributed by atoms with Gasteiger partial charge in [0.2, 0.25) is 12.3 Å². The maximum Gasteiger partial charge on any atom is 0.315 e. The molecule has 0 saturated carbocycles. The zero-order valence-electron chi connectivity index (χ0n) is 10.4. The quantitative estimate of drug-likeness (QED) is 0.738. The Labute approximate surface area is 104 Å². The Morgan fingerprint density at radius 3 is 2.94 bits per heavy atom. The molecular formula is C10H16N6O2.